The predicted octanol–water partition coefficient (Wildman–Crippen LogP) is 0.726. The van der Waals surface area contributed by atoms with Crippen molar-refractivity contribution in [2.24, 2.45) is 5.73 Å². The van der Waals surface area contributed by atoms with E-state index in [1.165, 1.54) is 6.26 Å². The summed E-state index contributed by atoms with van der Waals surface area (Å²) in [5.41, 5.74) is 11.4. The third-order valence-electron chi connectivity index (χ3n) is 2.11. The van der Waals surface area contributed by atoms with E-state index in [1.54, 1.807) is 19.1 Å². The fourth-order valence-corrected chi connectivity index (χ4v) is 1.42. The highest BCUT2D eigenvalue weighted by atomic mass is 16.3. The molecular formula is C10H10N4O2. The molecule has 0 aliphatic carbocycles. The number of aromatic nitrogens is 2. The van der Waals surface area contributed by atoms with Gasteiger partial charge in [0.2, 0.25) is 0 Å². The number of carbonyl (C=O) groups excluding carboxylic acids is 1. The van der Waals surface area contributed by atoms with Crippen molar-refractivity contribution in [3.63, 3.8) is 0 Å². The zero-order valence-electron chi connectivity index (χ0n) is 8.60. The van der Waals surface area contributed by atoms with Crippen LogP contribution < -0.4 is 11.5 Å². The summed E-state index contributed by atoms with van der Waals surface area (Å²) >= 11 is 0. The van der Waals surface area contributed by atoms with Gasteiger partial charge >= 0.3 is 0 Å². The molecule has 0 spiro atoms. The molecule has 0 saturated carbocycles. The molecule has 0 aliphatic rings. The first kappa shape index (κ1) is 10.2. The lowest BCUT2D eigenvalue weighted by Gasteiger charge is -2.05. The molecule has 6 nitrogen and oxygen atoms in total. The Morgan fingerprint density at radius 1 is 1.44 bits per heavy atom. The summed E-state index contributed by atoms with van der Waals surface area (Å²) in [6.07, 6.45) is 1.51. The van der Waals surface area contributed by atoms with E-state index in [2.05, 4.69) is 9.97 Å². The van der Waals surface area contributed by atoms with Gasteiger partial charge in [-0.2, -0.15) is 0 Å². The number of aryl methyl sites for hydroxylation is 1. The van der Waals surface area contributed by atoms with Gasteiger partial charge in [0, 0.05) is 0 Å². The molecule has 0 bridgehead atoms. The number of amides is 1. The van der Waals surface area contributed by atoms with Crippen molar-refractivity contribution in [1.82, 2.24) is 9.97 Å². The number of nitrogens with zero attached hydrogens (tertiary/aromatic N) is 2. The van der Waals surface area contributed by atoms with Gasteiger partial charge in [0.1, 0.15) is 11.4 Å². The highest BCUT2D eigenvalue weighted by Crippen LogP contribution is 2.20. The lowest BCUT2D eigenvalue weighted by molar-refractivity contribution is 0.1000. The number of rotatable bonds is 2. The first-order valence-electron chi connectivity index (χ1n) is 4.57. The van der Waals surface area contributed by atoms with Crippen molar-refractivity contribution in [2.45, 2.75) is 6.92 Å². The number of hydrogen-bond donors (Lipinski definition) is 2. The second-order valence-corrected chi connectivity index (χ2v) is 3.23. The maximum Gasteiger partial charge on any atom is 0.254 e. The van der Waals surface area contributed by atoms with Gasteiger partial charge in [0.15, 0.2) is 11.6 Å². The third kappa shape index (κ3) is 1.60. The minimum Gasteiger partial charge on any atom is -0.461 e. The van der Waals surface area contributed by atoms with E-state index in [9.17, 15) is 4.79 Å². The first-order chi connectivity index (χ1) is 7.59. The van der Waals surface area contributed by atoms with E-state index in [-0.39, 0.29) is 11.4 Å². The molecule has 0 unspecified atom stereocenters. The maximum atomic E-state index is 11.1. The summed E-state index contributed by atoms with van der Waals surface area (Å²) in [5.74, 6) is 0.253. The van der Waals surface area contributed by atoms with E-state index in [4.69, 9.17) is 15.9 Å². The number of carbonyl (C=O) groups is 1. The molecule has 2 rings (SSSR count). The lowest BCUT2D eigenvalue weighted by atomic mass is 10.2. The molecule has 0 radical (unpaired) electrons. The van der Waals surface area contributed by atoms with E-state index < -0.39 is 5.91 Å². The summed E-state index contributed by atoms with van der Waals surface area (Å²) in [5, 5.41) is 0. The van der Waals surface area contributed by atoms with E-state index in [1.807, 2.05) is 0 Å². The van der Waals surface area contributed by atoms with Crippen molar-refractivity contribution in [3.8, 4) is 11.6 Å². The van der Waals surface area contributed by atoms with Gasteiger partial charge in [-0.3, -0.25) is 4.79 Å². The van der Waals surface area contributed by atoms with Crippen molar-refractivity contribution in [3.05, 3.63) is 29.7 Å². The van der Waals surface area contributed by atoms with Crippen LogP contribution in [0.1, 0.15) is 16.1 Å². The van der Waals surface area contributed by atoms with Crippen LogP contribution in [0.3, 0.4) is 0 Å². The monoisotopic (exact) mass is 218 g/mol. The summed E-state index contributed by atoms with van der Waals surface area (Å²) in [6, 6.07) is 3.42. The second kappa shape index (κ2) is 3.65. The van der Waals surface area contributed by atoms with Gasteiger partial charge in [-0.05, 0) is 19.1 Å². The van der Waals surface area contributed by atoms with Crippen LogP contribution in [0.15, 0.2) is 22.8 Å². The summed E-state index contributed by atoms with van der Waals surface area (Å²) in [4.78, 5) is 19.2. The van der Waals surface area contributed by atoms with Gasteiger partial charge in [0.05, 0.1) is 12.0 Å². The number of nitrogen functional groups attached to an aromatic ring is 1. The smallest absolute Gasteiger partial charge is 0.254 e. The van der Waals surface area contributed by atoms with Crippen LogP contribution in [-0.4, -0.2) is 15.9 Å². The Morgan fingerprint density at radius 2 is 2.19 bits per heavy atom. The Balaban J connectivity index is 2.58. The number of hydrogen-bond acceptors (Lipinski definition) is 5. The molecule has 1 amide bonds. The zero-order chi connectivity index (χ0) is 11.7. The zero-order valence-corrected chi connectivity index (χ0v) is 8.60. The van der Waals surface area contributed by atoms with Crippen LogP contribution >= 0.6 is 0 Å². The normalized spacial score (nSPS) is 10.3. The Morgan fingerprint density at radius 3 is 2.69 bits per heavy atom. The van der Waals surface area contributed by atoms with Gasteiger partial charge in [-0.25, -0.2) is 9.97 Å². The maximum absolute atomic E-state index is 11.1. The topological polar surface area (TPSA) is 108 Å². The highest BCUT2D eigenvalue weighted by Gasteiger charge is 2.15. The molecule has 6 heteroatoms. The van der Waals surface area contributed by atoms with Crippen molar-refractivity contribution >= 4 is 11.7 Å². The van der Waals surface area contributed by atoms with Crippen LogP contribution in [0.4, 0.5) is 5.82 Å². The number of nitrogens with two attached hydrogens (primary N) is 2. The predicted molar refractivity (Wildman–Crippen MR) is 57.4 cm³/mol. The lowest BCUT2D eigenvalue weighted by Crippen LogP contribution is -2.17. The van der Waals surface area contributed by atoms with E-state index >= 15 is 0 Å². The molecule has 2 aromatic rings. The van der Waals surface area contributed by atoms with Crippen LogP contribution in [0.2, 0.25) is 0 Å². The summed E-state index contributed by atoms with van der Waals surface area (Å²) in [7, 11) is 0. The number of primary amides is 1. The minimum absolute atomic E-state index is 0.0615. The molecule has 0 aromatic carbocycles. The van der Waals surface area contributed by atoms with Gasteiger partial charge in [-0.15, -0.1) is 0 Å². The average Bonchev–Trinajstić information content (AvgIpc) is 2.67. The second-order valence-electron chi connectivity index (χ2n) is 3.23. The van der Waals surface area contributed by atoms with Gasteiger partial charge in [0.25, 0.3) is 5.91 Å². The molecular weight excluding hydrogens is 208 g/mol. The first-order valence-corrected chi connectivity index (χ1v) is 4.57. The minimum atomic E-state index is -0.638. The molecule has 0 saturated heterocycles. The van der Waals surface area contributed by atoms with Crippen LogP contribution in [0, 0.1) is 6.92 Å². The van der Waals surface area contributed by atoms with Crippen molar-refractivity contribution in [2.75, 3.05) is 5.73 Å². The van der Waals surface area contributed by atoms with E-state index in [0.29, 0.717) is 17.3 Å². The Bertz CT molecular complexity index is 511. The standard InChI is InChI=1S/C10H10N4O2/c1-5-7(9(12)15)8(11)14-10(13-5)6-3-2-4-16-6/h2-4H,1H3,(H2,12,15)(H2,11,13,14). The van der Waals surface area contributed by atoms with Crippen LogP contribution in [0.5, 0.6) is 0 Å². The average molecular weight is 218 g/mol. The van der Waals surface area contributed by atoms with Crippen molar-refractivity contribution in [1.29, 1.82) is 0 Å². The molecule has 82 valence electrons. The largest absolute Gasteiger partial charge is 0.461 e. The number of furan rings is 1. The SMILES string of the molecule is Cc1nc(-c2ccco2)nc(N)c1C(N)=O. The van der Waals surface area contributed by atoms with E-state index in [0.717, 1.165) is 0 Å². The Hall–Kier alpha value is -2.37. The quantitative estimate of drug-likeness (QED) is 0.772. The fourth-order valence-electron chi connectivity index (χ4n) is 1.42. The Labute approximate surface area is 91.3 Å². The number of anilines is 1. The van der Waals surface area contributed by atoms with Crippen LogP contribution in [0.25, 0.3) is 11.6 Å². The molecule has 0 fully saturated rings. The molecule has 0 aliphatic heterocycles. The van der Waals surface area contributed by atoms with Crippen molar-refractivity contribution < 1.29 is 9.21 Å². The summed E-state index contributed by atoms with van der Waals surface area (Å²) < 4.78 is 5.13. The molecule has 16 heavy (non-hydrogen) atoms. The highest BCUT2D eigenvalue weighted by molar-refractivity contribution is 5.98. The summed E-state index contributed by atoms with van der Waals surface area (Å²) in [6.45, 7) is 1.64. The molecule has 4 N–H and O–H groups in total. The van der Waals surface area contributed by atoms with Gasteiger partial charge < -0.3 is 15.9 Å². The Kier molecular flexibility index (Phi) is 2.32. The van der Waals surface area contributed by atoms with Gasteiger partial charge in [-0.1, -0.05) is 0 Å². The van der Waals surface area contributed by atoms with Crippen LogP contribution in [-0.2, 0) is 0 Å². The molecule has 2 aromatic heterocycles. The third-order valence-corrected chi connectivity index (χ3v) is 2.11. The molecule has 0 atom stereocenters. The molecule has 2 heterocycles. The fraction of sp³-hybridized carbons (Fsp3) is 0.100.